The minimum atomic E-state index is 0. The standard InChI is InChI=1S/C5H12N2S.C4H7NS.CH5N.CH4.2ClH/c1-7-5(6)3-2-4-8;5-4-2-1-3-6-4;1-2;;;/h8H,2-4H2,1H3,(H2,6,7);5H,1-3H2;2H2,1H3;1H4;2*1H. The van der Waals surface area contributed by atoms with Gasteiger partial charge in [0.2, 0.25) is 10.9 Å². The number of halogens is 2. The number of hydrogen-bond acceptors (Lipinski definition) is 3. The van der Waals surface area contributed by atoms with Gasteiger partial charge in [-0.2, -0.15) is 12.6 Å². The Kier molecular flexibility index (Phi) is 44.7. The third-order valence-corrected chi connectivity index (χ3v) is 3.16. The number of thiol groups is 1. The first-order chi connectivity index (χ1) is 7.70. The molecule has 4 nitrogen and oxygen atoms in total. The normalized spacial score (nSPS) is 12.4. The van der Waals surface area contributed by atoms with Gasteiger partial charge in [-0.3, -0.25) is 16.1 Å². The molecular weight excluding hydrogens is 323 g/mol. The molecule has 0 radical (unpaired) electrons. The van der Waals surface area contributed by atoms with Crippen molar-refractivity contribution in [1.82, 2.24) is 0 Å². The monoisotopic (exact) mass is 352 g/mol. The zero-order valence-corrected chi connectivity index (χ0v) is 14.3. The van der Waals surface area contributed by atoms with Crippen LogP contribution in [0.3, 0.4) is 0 Å². The fourth-order valence-corrected chi connectivity index (χ4v) is 1.91. The second kappa shape index (κ2) is 26.8. The molecule has 19 heavy (non-hydrogen) atoms. The fraction of sp³-hybridized carbons (Fsp3) is 0.818. The number of amidine groups is 1. The number of rotatable bonds is 3. The van der Waals surface area contributed by atoms with Crippen LogP contribution in [0, 0.1) is 0 Å². The van der Waals surface area contributed by atoms with E-state index in [-0.39, 0.29) is 32.2 Å². The van der Waals surface area contributed by atoms with E-state index in [1.807, 2.05) is 7.05 Å². The SMILES string of the molecule is C.CN.C[NH+]=C(N)CCCS.[Cl-].[Cl-].[NH2+]=C1CCCS1. The molecule has 0 aromatic carbocycles. The van der Waals surface area contributed by atoms with Crippen molar-refractivity contribution in [3.05, 3.63) is 0 Å². The molecule has 1 rings (SSSR count). The molecule has 0 aromatic heterocycles. The minimum absolute atomic E-state index is 0. The first kappa shape index (κ1) is 31.7. The van der Waals surface area contributed by atoms with Crippen LogP contribution < -0.4 is 46.7 Å². The Balaban J connectivity index is -0.0000000540. The van der Waals surface area contributed by atoms with E-state index in [0.717, 1.165) is 35.9 Å². The van der Waals surface area contributed by atoms with E-state index in [2.05, 4.69) is 23.4 Å². The molecule has 1 saturated heterocycles. The van der Waals surface area contributed by atoms with Gasteiger partial charge >= 0.3 is 0 Å². The molecule has 0 amide bonds. The molecule has 0 aromatic rings. The second-order valence-electron chi connectivity index (χ2n) is 3.02. The average Bonchev–Trinajstić information content (AvgIpc) is 2.80. The highest BCUT2D eigenvalue weighted by Gasteiger charge is 2.09. The lowest BCUT2D eigenvalue weighted by molar-refractivity contribution is -0.422. The Bertz CT molecular complexity index is 197. The van der Waals surface area contributed by atoms with Crippen molar-refractivity contribution < 1.29 is 35.2 Å². The second-order valence-corrected chi connectivity index (χ2v) is 4.69. The minimum Gasteiger partial charge on any atom is -1.00 e. The molecule has 0 atom stereocenters. The van der Waals surface area contributed by atoms with Gasteiger partial charge in [-0.25, -0.2) is 0 Å². The molecule has 120 valence electrons. The van der Waals surface area contributed by atoms with Crippen molar-refractivity contribution in [3.8, 4) is 0 Å². The third kappa shape index (κ3) is 27.5. The average molecular weight is 353 g/mol. The molecule has 1 heterocycles. The van der Waals surface area contributed by atoms with Crippen molar-refractivity contribution >= 4 is 35.3 Å². The Hall–Kier alpha value is 0.380. The van der Waals surface area contributed by atoms with Crippen molar-refractivity contribution in [2.24, 2.45) is 11.5 Å². The first-order valence-electron chi connectivity index (χ1n) is 5.42. The number of nitrogens with two attached hydrogens (primary N) is 3. The van der Waals surface area contributed by atoms with Crippen molar-refractivity contribution in [2.75, 3.05) is 25.6 Å². The Morgan fingerprint density at radius 3 is 2.16 bits per heavy atom. The molecule has 0 bridgehead atoms. The van der Waals surface area contributed by atoms with E-state index in [0.29, 0.717) is 0 Å². The van der Waals surface area contributed by atoms with Crippen LogP contribution in [-0.2, 0) is 0 Å². The van der Waals surface area contributed by atoms with Crippen LogP contribution in [0.2, 0.25) is 0 Å². The van der Waals surface area contributed by atoms with Crippen molar-refractivity contribution in [3.63, 3.8) is 0 Å². The van der Waals surface area contributed by atoms with Gasteiger partial charge in [0.15, 0.2) is 0 Å². The summed E-state index contributed by atoms with van der Waals surface area (Å²) in [6.45, 7) is 0. The number of thioether (sulfide) groups is 1. The van der Waals surface area contributed by atoms with Gasteiger partial charge in [-0.1, -0.05) is 19.2 Å². The smallest absolute Gasteiger partial charge is 0.240 e. The summed E-state index contributed by atoms with van der Waals surface area (Å²) in [6.07, 6.45) is 4.41. The Morgan fingerprint density at radius 1 is 1.42 bits per heavy atom. The van der Waals surface area contributed by atoms with Crippen LogP contribution in [0.25, 0.3) is 0 Å². The van der Waals surface area contributed by atoms with E-state index in [9.17, 15) is 0 Å². The van der Waals surface area contributed by atoms with Crippen LogP contribution in [0.1, 0.15) is 33.1 Å². The molecule has 0 aliphatic carbocycles. The molecule has 0 spiro atoms. The van der Waals surface area contributed by atoms with Gasteiger partial charge in [-0.05, 0) is 25.6 Å². The lowest BCUT2D eigenvalue weighted by Gasteiger charge is -1.87. The maximum Gasteiger partial charge on any atom is 0.240 e. The summed E-state index contributed by atoms with van der Waals surface area (Å²) in [4.78, 5) is 2.86. The summed E-state index contributed by atoms with van der Waals surface area (Å²) >= 11 is 5.83. The lowest BCUT2D eigenvalue weighted by Crippen LogP contribution is -3.00. The topological polar surface area (TPSA) is 91.6 Å². The zero-order valence-electron chi connectivity index (χ0n) is 11.1. The van der Waals surface area contributed by atoms with Crippen molar-refractivity contribution in [2.45, 2.75) is 33.1 Å². The molecular formula is C11H30Cl2N4S2. The van der Waals surface area contributed by atoms with Gasteiger partial charge in [0.25, 0.3) is 0 Å². The first-order valence-corrected chi connectivity index (χ1v) is 7.04. The molecule has 1 aliphatic heterocycles. The fourth-order valence-electron chi connectivity index (χ4n) is 0.916. The summed E-state index contributed by atoms with van der Waals surface area (Å²) in [7, 11) is 3.33. The summed E-state index contributed by atoms with van der Waals surface area (Å²) in [5, 5.41) is 6.53. The summed E-state index contributed by atoms with van der Waals surface area (Å²) in [6, 6.07) is 0. The molecule has 1 fully saturated rings. The summed E-state index contributed by atoms with van der Waals surface area (Å²) < 4.78 is 0. The van der Waals surface area contributed by atoms with Crippen molar-refractivity contribution in [1.29, 1.82) is 0 Å². The largest absolute Gasteiger partial charge is 1.00 e. The van der Waals surface area contributed by atoms with Crippen LogP contribution >= 0.6 is 24.4 Å². The molecule has 7 N–H and O–H groups in total. The van der Waals surface area contributed by atoms with E-state index < -0.39 is 0 Å². The van der Waals surface area contributed by atoms with E-state index >= 15 is 0 Å². The predicted octanol–water partition coefficient (Wildman–Crippen LogP) is -7.35. The van der Waals surface area contributed by atoms with Gasteiger partial charge in [0.1, 0.15) is 0 Å². The van der Waals surface area contributed by atoms with Crippen LogP contribution in [0.4, 0.5) is 0 Å². The molecule has 0 unspecified atom stereocenters. The lowest BCUT2D eigenvalue weighted by atomic mass is 10.3. The Morgan fingerprint density at radius 2 is 1.95 bits per heavy atom. The number of nitrogens with one attached hydrogen (secondary N) is 1. The highest BCUT2D eigenvalue weighted by atomic mass is 35.5. The van der Waals surface area contributed by atoms with E-state index in [4.69, 9.17) is 11.1 Å². The molecule has 8 heteroatoms. The van der Waals surface area contributed by atoms with Crippen LogP contribution in [0.15, 0.2) is 0 Å². The number of hydrogen-bond donors (Lipinski definition) is 5. The van der Waals surface area contributed by atoms with Crippen LogP contribution in [-0.4, -0.2) is 36.5 Å². The predicted molar refractivity (Wildman–Crippen MR) is 84.6 cm³/mol. The van der Waals surface area contributed by atoms with Gasteiger partial charge in [0.05, 0.1) is 7.05 Å². The Labute approximate surface area is 140 Å². The molecule has 0 saturated carbocycles. The van der Waals surface area contributed by atoms with Gasteiger partial charge < -0.3 is 30.5 Å². The van der Waals surface area contributed by atoms with Crippen LogP contribution in [0.5, 0.6) is 0 Å². The quantitative estimate of drug-likeness (QED) is 0.198. The maximum absolute atomic E-state index is 5.43. The molecule has 1 aliphatic rings. The highest BCUT2D eigenvalue weighted by Crippen LogP contribution is 2.15. The summed E-state index contributed by atoms with van der Waals surface area (Å²) in [5.74, 6) is 2.99. The zero-order chi connectivity index (χ0) is 12.8. The van der Waals surface area contributed by atoms with E-state index in [1.54, 1.807) is 11.8 Å². The summed E-state index contributed by atoms with van der Waals surface area (Å²) in [5.41, 5.74) is 9.93. The third-order valence-electron chi connectivity index (χ3n) is 1.78. The maximum atomic E-state index is 5.43. The van der Waals surface area contributed by atoms with E-state index in [1.165, 1.54) is 19.2 Å². The van der Waals surface area contributed by atoms with Gasteiger partial charge in [0, 0.05) is 18.6 Å². The van der Waals surface area contributed by atoms with Gasteiger partial charge in [-0.15, -0.1) is 0 Å². The highest BCUT2D eigenvalue weighted by molar-refractivity contribution is 8.14.